The van der Waals surface area contributed by atoms with E-state index in [0.717, 1.165) is 29.3 Å². The highest BCUT2D eigenvalue weighted by molar-refractivity contribution is 5.28. The summed E-state index contributed by atoms with van der Waals surface area (Å²) in [6.07, 6.45) is -0.840. The summed E-state index contributed by atoms with van der Waals surface area (Å²) in [5, 5.41) is 9.99. The predicted octanol–water partition coefficient (Wildman–Crippen LogP) is 3.39. The standard InChI is InChI=1S/C15H14F2O2/c1-10-4-2-3-5-14(10)15(18)9-19-13-7-11(16)6-12(17)8-13/h2-8,15,18H,9H2,1H3. The van der Waals surface area contributed by atoms with Gasteiger partial charge in [0, 0.05) is 18.2 Å². The number of halogens is 2. The van der Waals surface area contributed by atoms with E-state index in [9.17, 15) is 13.9 Å². The summed E-state index contributed by atoms with van der Waals surface area (Å²) >= 11 is 0. The maximum Gasteiger partial charge on any atom is 0.129 e. The molecule has 0 aliphatic carbocycles. The van der Waals surface area contributed by atoms with Crippen LogP contribution in [0.25, 0.3) is 0 Å². The first-order chi connectivity index (χ1) is 9.06. The lowest BCUT2D eigenvalue weighted by atomic mass is 10.0. The third kappa shape index (κ3) is 3.51. The number of hydrogen-bond donors (Lipinski definition) is 1. The number of ether oxygens (including phenoxy) is 1. The van der Waals surface area contributed by atoms with Crippen molar-refractivity contribution in [3.8, 4) is 5.75 Å². The van der Waals surface area contributed by atoms with Crippen molar-refractivity contribution in [2.24, 2.45) is 0 Å². The molecular weight excluding hydrogens is 250 g/mol. The molecule has 4 heteroatoms. The molecule has 1 N–H and O–H groups in total. The van der Waals surface area contributed by atoms with Crippen LogP contribution >= 0.6 is 0 Å². The zero-order chi connectivity index (χ0) is 13.8. The fraction of sp³-hybridized carbons (Fsp3) is 0.200. The van der Waals surface area contributed by atoms with E-state index in [1.807, 2.05) is 25.1 Å². The van der Waals surface area contributed by atoms with Crippen LogP contribution in [0, 0.1) is 18.6 Å². The molecule has 0 bridgehead atoms. The van der Waals surface area contributed by atoms with Gasteiger partial charge in [-0.1, -0.05) is 24.3 Å². The largest absolute Gasteiger partial charge is 0.490 e. The number of hydrogen-bond acceptors (Lipinski definition) is 2. The lowest BCUT2D eigenvalue weighted by Crippen LogP contribution is -2.11. The van der Waals surface area contributed by atoms with Crippen LogP contribution in [-0.2, 0) is 0 Å². The van der Waals surface area contributed by atoms with Crippen LogP contribution in [0.3, 0.4) is 0 Å². The van der Waals surface area contributed by atoms with Crippen LogP contribution in [0.5, 0.6) is 5.75 Å². The monoisotopic (exact) mass is 264 g/mol. The first kappa shape index (κ1) is 13.5. The molecule has 0 spiro atoms. The van der Waals surface area contributed by atoms with E-state index in [4.69, 9.17) is 4.74 Å². The summed E-state index contributed by atoms with van der Waals surface area (Å²) in [5.41, 5.74) is 1.67. The second kappa shape index (κ2) is 5.80. The molecule has 2 aromatic carbocycles. The van der Waals surface area contributed by atoms with E-state index in [1.54, 1.807) is 6.07 Å². The van der Waals surface area contributed by atoms with Crippen LogP contribution in [0.2, 0.25) is 0 Å². The molecule has 0 aliphatic heterocycles. The summed E-state index contributed by atoms with van der Waals surface area (Å²) in [7, 11) is 0. The Bertz CT molecular complexity index is 550. The number of aliphatic hydroxyl groups excluding tert-OH is 1. The molecule has 1 unspecified atom stereocenters. The van der Waals surface area contributed by atoms with Crippen molar-refractivity contribution in [1.82, 2.24) is 0 Å². The van der Waals surface area contributed by atoms with Crippen molar-refractivity contribution in [2.45, 2.75) is 13.0 Å². The number of benzene rings is 2. The third-order valence-corrected chi connectivity index (χ3v) is 2.79. The van der Waals surface area contributed by atoms with Crippen molar-refractivity contribution >= 4 is 0 Å². The highest BCUT2D eigenvalue weighted by atomic mass is 19.1. The summed E-state index contributed by atoms with van der Waals surface area (Å²) in [6.45, 7) is 1.81. The van der Waals surface area contributed by atoms with Gasteiger partial charge in [-0.05, 0) is 18.1 Å². The third-order valence-electron chi connectivity index (χ3n) is 2.79. The van der Waals surface area contributed by atoms with Crippen LogP contribution < -0.4 is 4.74 Å². The maximum atomic E-state index is 13.0. The highest BCUT2D eigenvalue weighted by Crippen LogP contribution is 2.20. The Kier molecular flexibility index (Phi) is 4.12. The van der Waals surface area contributed by atoms with Crippen molar-refractivity contribution in [2.75, 3.05) is 6.61 Å². The summed E-state index contributed by atoms with van der Waals surface area (Å²) in [6, 6.07) is 10.3. The summed E-state index contributed by atoms with van der Waals surface area (Å²) < 4.78 is 31.1. The van der Waals surface area contributed by atoms with Gasteiger partial charge in [0.1, 0.15) is 30.1 Å². The van der Waals surface area contributed by atoms with Crippen molar-refractivity contribution in [3.05, 3.63) is 65.2 Å². The summed E-state index contributed by atoms with van der Waals surface area (Å²) in [5.74, 6) is -1.36. The van der Waals surface area contributed by atoms with Gasteiger partial charge in [-0.3, -0.25) is 0 Å². The Morgan fingerprint density at radius 2 is 1.74 bits per heavy atom. The molecule has 2 nitrogen and oxygen atoms in total. The fourth-order valence-electron chi connectivity index (χ4n) is 1.84. The van der Waals surface area contributed by atoms with Crippen LogP contribution in [0.1, 0.15) is 17.2 Å². The molecule has 0 fully saturated rings. The molecule has 0 aliphatic rings. The molecule has 100 valence electrons. The number of rotatable bonds is 4. The SMILES string of the molecule is Cc1ccccc1C(O)COc1cc(F)cc(F)c1. The quantitative estimate of drug-likeness (QED) is 0.917. The van der Waals surface area contributed by atoms with E-state index in [2.05, 4.69) is 0 Å². The molecule has 2 aromatic rings. The molecule has 0 saturated heterocycles. The molecule has 0 heterocycles. The average molecular weight is 264 g/mol. The normalized spacial score (nSPS) is 12.2. The van der Waals surface area contributed by atoms with Gasteiger partial charge in [-0.25, -0.2) is 8.78 Å². The zero-order valence-electron chi connectivity index (χ0n) is 10.4. The molecule has 0 saturated carbocycles. The Labute approximate surface area is 110 Å². The predicted molar refractivity (Wildman–Crippen MR) is 68.0 cm³/mol. The molecular formula is C15H14F2O2. The minimum absolute atomic E-state index is 0.0603. The highest BCUT2D eigenvalue weighted by Gasteiger charge is 2.11. The molecule has 0 amide bonds. The topological polar surface area (TPSA) is 29.5 Å². The zero-order valence-corrected chi connectivity index (χ0v) is 10.4. The smallest absolute Gasteiger partial charge is 0.129 e. The molecule has 0 radical (unpaired) electrons. The van der Waals surface area contributed by atoms with E-state index in [0.29, 0.717) is 0 Å². The van der Waals surface area contributed by atoms with Crippen molar-refractivity contribution < 1.29 is 18.6 Å². The van der Waals surface area contributed by atoms with Gasteiger partial charge in [0.15, 0.2) is 0 Å². The first-order valence-corrected chi connectivity index (χ1v) is 5.89. The van der Waals surface area contributed by atoms with Gasteiger partial charge in [0.25, 0.3) is 0 Å². The second-order valence-corrected chi connectivity index (χ2v) is 4.29. The second-order valence-electron chi connectivity index (χ2n) is 4.29. The van der Waals surface area contributed by atoms with Crippen molar-refractivity contribution in [1.29, 1.82) is 0 Å². The van der Waals surface area contributed by atoms with E-state index < -0.39 is 17.7 Å². The number of aryl methyl sites for hydroxylation is 1. The van der Waals surface area contributed by atoms with Gasteiger partial charge in [-0.2, -0.15) is 0 Å². The van der Waals surface area contributed by atoms with E-state index in [1.165, 1.54) is 0 Å². The van der Waals surface area contributed by atoms with Gasteiger partial charge in [0.05, 0.1) is 0 Å². The van der Waals surface area contributed by atoms with Gasteiger partial charge in [-0.15, -0.1) is 0 Å². The van der Waals surface area contributed by atoms with Gasteiger partial charge < -0.3 is 9.84 Å². The van der Waals surface area contributed by atoms with E-state index >= 15 is 0 Å². The Morgan fingerprint density at radius 1 is 1.11 bits per heavy atom. The van der Waals surface area contributed by atoms with Crippen LogP contribution in [0.4, 0.5) is 8.78 Å². The minimum atomic E-state index is -0.840. The van der Waals surface area contributed by atoms with Crippen LogP contribution in [-0.4, -0.2) is 11.7 Å². The molecule has 0 aromatic heterocycles. The maximum absolute atomic E-state index is 13.0. The summed E-state index contributed by atoms with van der Waals surface area (Å²) in [4.78, 5) is 0. The minimum Gasteiger partial charge on any atom is -0.490 e. The Morgan fingerprint density at radius 3 is 2.37 bits per heavy atom. The molecule has 2 rings (SSSR count). The van der Waals surface area contributed by atoms with Crippen molar-refractivity contribution in [3.63, 3.8) is 0 Å². The van der Waals surface area contributed by atoms with Gasteiger partial charge in [0.2, 0.25) is 0 Å². The lowest BCUT2D eigenvalue weighted by Gasteiger charge is -2.14. The Hall–Kier alpha value is -1.94. The molecule has 1 atom stereocenters. The van der Waals surface area contributed by atoms with Gasteiger partial charge >= 0.3 is 0 Å². The fourth-order valence-corrected chi connectivity index (χ4v) is 1.84. The average Bonchev–Trinajstić information content (AvgIpc) is 2.35. The Balaban J connectivity index is 2.04. The van der Waals surface area contributed by atoms with E-state index in [-0.39, 0.29) is 12.4 Å². The first-order valence-electron chi connectivity index (χ1n) is 5.89. The molecule has 19 heavy (non-hydrogen) atoms. The van der Waals surface area contributed by atoms with Crippen LogP contribution in [0.15, 0.2) is 42.5 Å². The lowest BCUT2D eigenvalue weighted by molar-refractivity contribution is 0.107. The number of aliphatic hydroxyl groups is 1.